The van der Waals surface area contributed by atoms with Crippen LogP contribution >= 0.6 is 22.9 Å². The van der Waals surface area contributed by atoms with E-state index in [-0.39, 0.29) is 5.91 Å². The van der Waals surface area contributed by atoms with Gasteiger partial charge >= 0.3 is 0 Å². The Morgan fingerprint density at radius 2 is 2.29 bits per heavy atom. The number of benzene rings is 1. The van der Waals surface area contributed by atoms with Crippen LogP contribution < -0.4 is 5.32 Å². The Morgan fingerprint density at radius 3 is 3.05 bits per heavy atom. The minimum absolute atomic E-state index is 0.0517. The third kappa shape index (κ3) is 2.93. The number of nitrogens with zero attached hydrogens (tertiary/aromatic N) is 1. The Labute approximate surface area is 133 Å². The lowest BCUT2D eigenvalue weighted by atomic mass is 10.2. The van der Waals surface area contributed by atoms with E-state index in [1.54, 1.807) is 0 Å². The normalized spacial score (nSPS) is 19.2. The number of halogens is 1. The van der Waals surface area contributed by atoms with E-state index in [4.69, 9.17) is 11.6 Å². The molecular weight excluding hydrogens is 304 g/mol. The lowest BCUT2D eigenvalue weighted by Gasteiger charge is -2.22. The van der Waals surface area contributed by atoms with Crippen molar-refractivity contribution in [3.05, 3.63) is 34.2 Å². The molecular formula is C16H19ClN2OS. The highest BCUT2D eigenvalue weighted by atomic mass is 35.5. The van der Waals surface area contributed by atoms with E-state index in [0.717, 1.165) is 29.6 Å². The number of hydrogen-bond donors (Lipinski definition) is 1. The molecule has 5 heteroatoms. The summed E-state index contributed by atoms with van der Waals surface area (Å²) in [4.78, 5) is 15.4. The monoisotopic (exact) mass is 322 g/mol. The predicted molar refractivity (Wildman–Crippen MR) is 89.4 cm³/mol. The first kappa shape index (κ1) is 14.8. The Balaban J connectivity index is 1.71. The Hall–Kier alpha value is -1.10. The minimum atomic E-state index is -0.0517. The maximum absolute atomic E-state index is 12.4. The fourth-order valence-corrected chi connectivity index (χ4v) is 4.43. The molecule has 1 aliphatic heterocycles. The molecule has 2 heterocycles. The van der Waals surface area contributed by atoms with Crippen molar-refractivity contribution in [2.75, 3.05) is 19.6 Å². The highest BCUT2D eigenvalue weighted by Gasteiger charge is 2.24. The van der Waals surface area contributed by atoms with Crippen LogP contribution in [-0.2, 0) is 0 Å². The van der Waals surface area contributed by atoms with Crippen LogP contribution in [0.4, 0.5) is 0 Å². The molecule has 0 aliphatic carbocycles. The van der Waals surface area contributed by atoms with Crippen LogP contribution in [0.15, 0.2) is 24.3 Å². The molecule has 1 aliphatic rings. The fourth-order valence-electron chi connectivity index (χ4n) is 2.99. The molecule has 1 fully saturated rings. The van der Waals surface area contributed by atoms with Crippen molar-refractivity contribution in [2.45, 2.75) is 25.8 Å². The summed E-state index contributed by atoms with van der Waals surface area (Å²) in [5.74, 6) is -0.0517. The molecule has 21 heavy (non-hydrogen) atoms. The number of likely N-dealkylation sites (tertiary alicyclic amines) is 1. The number of carbonyl (C=O) groups is 1. The van der Waals surface area contributed by atoms with Gasteiger partial charge in [0.05, 0.1) is 5.02 Å². The average Bonchev–Trinajstić information content (AvgIpc) is 3.09. The van der Waals surface area contributed by atoms with Gasteiger partial charge in [-0.2, -0.15) is 0 Å². The van der Waals surface area contributed by atoms with Gasteiger partial charge in [0.2, 0.25) is 0 Å². The standard InChI is InChI=1S/C16H19ClN2OS/c1-2-19-9-5-6-11(19)10-18-16(20)15-14(17)12-7-3-4-8-13(12)21-15/h3-4,7-8,11H,2,5-6,9-10H2,1H3,(H,18,20)/t11-/m1/s1. The van der Waals surface area contributed by atoms with Crippen molar-refractivity contribution < 1.29 is 4.79 Å². The molecule has 0 bridgehead atoms. The van der Waals surface area contributed by atoms with Crippen molar-refractivity contribution in [3.63, 3.8) is 0 Å². The summed E-state index contributed by atoms with van der Waals surface area (Å²) in [6, 6.07) is 8.33. The van der Waals surface area contributed by atoms with Crippen molar-refractivity contribution in [1.82, 2.24) is 10.2 Å². The molecule has 0 saturated carbocycles. The maximum Gasteiger partial charge on any atom is 0.262 e. The van der Waals surface area contributed by atoms with E-state index in [0.29, 0.717) is 22.5 Å². The summed E-state index contributed by atoms with van der Waals surface area (Å²) in [6.07, 6.45) is 2.38. The summed E-state index contributed by atoms with van der Waals surface area (Å²) in [5.41, 5.74) is 0. The van der Waals surface area contributed by atoms with Gasteiger partial charge in [0.25, 0.3) is 5.91 Å². The second kappa shape index (κ2) is 6.34. The Bertz CT molecular complexity index is 655. The van der Waals surface area contributed by atoms with E-state index < -0.39 is 0 Å². The second-order valence-corrected chi connectivity index (χ2v) is 6.81. The van der Waals surface area contributed by atoms with Crippen molar-refractivity contribution in [1.29, 1.82) is 0 Å². The van der Waals surface area contributed by atoms with Gasteiger partial charge < -0.3 is 5.32 Å². The summed E-state index contributed by atoms with van der Waals surface area (Å²) >= 11 is 7.81. The van der Waals surface area contributed by atoms with Crippen LogP contribution in [0.5, 0.6) is 0 Å². The first-order valence-electron chi connectivity index (χ1n) is 7.40. The van der Waals surface area contributed by atoms with Crippen LogP contribution in [0, 0.1) is 0 Å². The molecule has 0 radical (unpaired) electrons. The van der Waals surface area contributed by atoms with Gasteiger partial charge in [0.1, 0.15) is 4.88 Å². The third-order valence-corrected chi connectivity index (χ3v) is 5.82. The summed E-state index contributed by atoms with van der Waals surface area (Å²) in [5, 5.41) is 4.59. The van der Waals surface area contributed by atoms with Gasteiger partial charge in [-0.15, -0.1) is 11.3 Å². The minimum Gasteiger partial charge on any atom is -0.350 e. The van der Waals surface area contributed by atoms with Crippen molar-refractivity contribution in [3.8, 4) is 0 Å². The van der Waals surface area contributed by atoms with E-state index in [2.05, 4.69) is 17.1 Å². The summed E-state index contributed by atoms with van der Waals surface area (Å²) < 4.78 is 1.06. The van der Waals surface area contributed by atoms with Gasteiger partial charge in [-0.25, -0.2) is 0 Å². The number of hydrogen-bond acceptors (Lipinski definition) is 3. The number of carbonyl (C=O) groups excluding carboxylic acids is 1. The molecule has 112 valence electrons. The fraction of sp³-hybridized carbons (Fsp3) is 0.438. The van der Waals surface area contributed by atoms with E-state index in [9.17, 15) is 4.79 Å². The highest BCUT2D eigenvalue weighted by Crippen LogP contribution is 2.35. The van der Waals surface area contributed by atoms with E-state index in [1.807, 2.05) is 24.3 Å². The second-order valence-electron chi connectivity index (χ2n) is 5.38. The molecule has 1 amide bonds. The van der Waals surface area contributed by atoms with Gasteiger partial charge in [0.15, 0.2) is 0 Å². The van der Waals surface area contributed by atoms with Crippen LogP contribution in [-0.4, -0.2) is 36.5 Å². The average molecular weight is 323 g/mol. The van der Waals surface area contributed by atoms with E-state index in [1.165, 1.54) is 17.8 Å². The summed E-state index contributed by atoms with van der Waals surface area (Å²) in [6.45, 7) is 5.06. The lowest BCUT2D eigenvalue weighted by Crippen LogP contribution is -2.39. The first-order valence-corrected chi connectivity index (χ1v) is 8.59. The molecule has 3 rings (SSSR count). The lowest BCUT2D eigenvalue weighted by molar-refractivity contribution is 0.0945. The number of thiophene rings is 1. The van der Waals surface area contributed by atoms with E-state index >= 15 is 0 Å². The van der Waals surface area contributed by atoms with Crippen LogP contribution in [0.3, 0.4) is 0 Å². The molecule has 1 saturated heterocycles. The quantitative estimate of drug-likeness (QED) is 0.929. The van der Waals surface area contributed by atoms with Gasteiger partial charge in [0, 0.05) is 22.7 Å². The molecule has 2 aromatic rings. The number of amides is 1. The van der Waals surface area contributed by atoms with Crippen LogP contribution in [0.1, 0.15) is 29.4 Å². The van der Waals surface area contributed by atoms with Crippen LogP contribution in [0.2, 0.25) is 5.02 Å². The molecule has 1 aromatic heterocycles. The molecule has 1 atom stereocenters. The van der Waals surface area contributed by atoms with Crippen LogP contribution in [0.25, 0.3) is 10.1 Å². The SMILES string of the molecule is CCN1CCC[C@@H]1CNC(=O)c1sc2ccccc2c1Cl. The molecule has 1 N–H and O–H groups in total. The van der Waals surface area contributed by atoms with Gasteiger partial charge in [-0.1, -0.05) is 36.7 Å². The number of rotatable bonds is 4. The molecule has 1 aromatic carbocycles. The zero-order valence-corrected chi connectivity index (χ0v) is 13.6. The number of nitrogens with one attached hydrogen (secondary N) is 1. The number of likely N-dealkylation sites (N-methyl/N-ethyl adjacent to an activating group) is 1. The predicted octanol–water partition coefficient (Wildman–Crippen LogP) is 3.77. The van der Waals surface area contributed by atoms with Gasteiger partial charge in [-0.3, -0.25) is 9.69 Å². The van der Waals surface area contributed by atoms with Crippen molar-refractivity contribution in [2.24, 2.45) is 0 Å². The largest absolute Gasteiger partial charge is 0.350 e. The zero-order chi connectivity index (χ0) is 14.8. The smallest absolute Gasteiger partial charge is 0.262 e. The Morgan fingerprint density at radius 1 is 1.48 bits per heavy atom. The topological polar surface area (TPSA) is 32.3 Å². The van der Waals surface area contributed by atoms with Gasteiger partial charge in [-0.05, 0) is 32.0 Å². The zero-order valence-electron chi connectivity index (χ0n) is 12.1. The third-order valence-electron chi connectivity index (χ3n) is 4.14. The number of fused-ring (bicyclic) bond motifs is 1. The molecule has 3 nitrogen and oxygen atoms in total. The molecule has 0 spiro atoms. The first-order chi connectivity index (χ1) is 10.2. The van der Waals surface area contributed by atoms with Crippen molar-refractivity contribution >= 4 is 38.9 Å². The molecule has 0 unspecified atom stereocenters. The Kier molecular flexibility index (Phi) is 4.48. The maximum atomic E-state index is 12.4. The summed E-state index contributed by atoms with van der Waals surface area (Å²) in [7, 11) is 0. The highest BCUT2D eigenvalue weighted by molar-refractivity contribution is 7.21.